The molecule has 2 aliphatic carbocycles. The van der Waals surface area contributed by atoms with Crippen LogP contribution in [0, 0.1) is 17.1 Å². The first-order valence-corrected chi connectivity index (χ1v) is 11.1. The lowest BCUT2D eigenvalue weighted by atomic mass is 9.79. The minimum absolute atomic E-state index is 0.394. The summed E-state index contributed by atoms with van der Waals surface area (Å²) < 4.78 is 19.1. The molecular weight excluding hydrogens is 403 g/mol. The number of anilines is 1. The lowest BCUT2D eigenvalue weighted by Crippen LogP contribution is -2.36. The SMILES string of the molecule is N#Cc1c(NC(=O)COC(=O)C2(c3cccc(F)c3)CCCC2)sc2c1CCCC2. The van der Waals surface area contributed by atoms with Crippen LogP contribution in [-0.4, -0.2) is 18.5 Å². The Hall–Kier alpha value is -2.72. The Labute approximate surface area is 178 Å². The molecule has 1 N–H and O–H groups in total. The van der Waals surface area contributed by atoms with Crippen molar-refractivity contribution >= 4 is 28.2 Å². The zero-order valence-corrected chi connectivity index (χ0v) is 17.4. The van der Waals surface area contributed by atoms with Crippen molar-refractivity contribution in [2.45, 2.75) is 56.8 Å². The van der Waals surface area contributed by atoms with Crippen molar-refractivity contribution in [3.8, 4) is 6.07 Å². The van der Waals surface area contributed by atoms with Crippen LogP contribution in [0.25, 0.3) is 0 Å². The number of benzene rings is 1. The number of thiophene rings is 1. The van der Waals surface area contributed by atoms with Gasteiger partial charge in [0.25, 0.3) is 5.91 Å². The topological polar surface area (TPSA) is 79.2 Å². The number of nitriles is 1. The van der Waals surface area contributed by atoms with Gasteiger partial charge >= 0.3 is 5.97 Å². The highest BCUT2D eigenvalue weighted by molar-refractivity contribution is 7.16. The largest absolute Gasteiger partial charge is 0.455 e. The van der Waals surface area contributed by atoms with Crippen molar-refractivity contribution in [3.05, 3.63) is 51.7 Å². The fourth-order valence-corrected chi connectivity index (χ4v) is 5.84. The third-order valence-electron chi connectivity index (χ3n) is 6.10. The summed E-state index contributed by atoms with van der Waals surface area (Å²) in [5, 5.41) is 12.8. The molecule has 0 spiro atoms. The monoisotopic (exact) mass is 426 g/mol. The molecule has 4 rings (SSSR count). The van der Waals surface area contributed by atoms with Crippen molar-refractivity contribution in [1.82, 2.24) is 0 Å². The molecule has 1 fully saturated rings. The molecule has 0 unspecified atom stereocenters. The van der Waals surface area contributed by atoms with Gasteiger partial charge in [-0.2, -0.15) is 5.26 Å². The van der Waals surface area contributed by atoms with Crippen molar-refractivity contribution in [3.63, 3.8) is 0 Å². The van der Waals surface area contributed by atoms with Crippen molar-refractivity contribution < 1.29 is 18.7 Å². The molecule has 0 saturated heterocycles. The maximum Gasteiger partial charge on any atom is 0.317 e. The maximum absolute atomic E-state index is 13.7. The molecule has 1 saturated carbocycles. The number of hydrogen-bond donors (Lipinski definition) is 1. The van der Waals surface area contributed by atoms with Gasteiger partial charge in [0.2, 0.25) is 0 Å². The van der Waals surface area contributed by atoms with Gasteiger partial charge in [0.15, 0.2) is 6.61 Å². The van der Waals surface area contributed by atoms with Crippen LogP contribution in [0.1, 0.15) is 60.1 Å². The number of esters is 1. The van der Waals surface area contributed by atoms with E-state index in [9.17, 15) is 19.2 Å². The Balaban J connectivity index is 1.44. The summed E-state index contributed by atoms with van der Waals surface area (Å²) in [5.74, 6) is -1.35. The van der Waals surface area contributed by atoms with Crippen LogP contribution >= 0.6 is 11.3 Å². The molecule has 1 aromatic carbocycles. The van der Waals surface area contributed by atoms with Crippen molar-refractivity contribution in [1.29, 1.82) is 5.26 Å². The van der Waals surface area contributed by atoms with E-state index in [4.69, 9.17) is 4.74 Å². The number of carbonyl (C=O) groups is 2. The number of fused-ring (bicyclic) bond motifs is 1. The first kappa shape index (κ1) is 20.5. The summed E-state index contributed by atoms with van der Waals surface area (Å²) in [4.78, 5) is 26.6. The predicted molar refractivity (Wildman–Crippen MR) is 112 cm³/mol. The Morgan fingerprint density at radius 1 is 1.20 bits per heavy atom. The van der Waals surface area contributed by atoms with Crippen LogP contribution in [0.5, 0.6) is 0 Å². The predicted octanol–water partition coefficient (Wildman–Crippen LogP) is 4.63. The fraction of sp³-hybridized carbons (Fsp3) is 0.435. The van der Waals surface area contributed by atoms with Gasteiger partial charge in [-0.15, -0.1) is 11.3 Å². The number of carbonyl (C=O) groups excluding carboxylic acids is 2. The lowest BCUT2D eigenvalue weighted by Gasteiger charge is -2.27. The second-order valence-corrected chi connectivity index (χ2v) is 9.06. The third kappa shape index (κ3) is 3.84. The van der Waals surface area contributed by atoms with E-state index in [1.807, 2.05) is 0 Å². The second kappa shape index (κ2) is 8.57. The third-order valence-corrected chi connectivity index (χ3v) is 7.30. The van der Waals surface area contributed by atoms with Gasteiger partial charge < -0.3 is 10.1 Å². The van der Waals surface area contributed by atoms with Crippen LogP contribution in [0.4, 0.5) is 9.39 Å². The molecule has 1 aromatic heterocycles. The van der Waals surface area contributed by atoms with Crippen LogP contribution in [0.2, 0.25) is 0 Å². The molecule has 0 radical (unpaired) electrons. The lowest BCUT2D eigenvalue weighted by molar-refractivity contribution is -0.153. The molecule has 2 aliphatic rings. The highest BCUT2D eigenvalue weighted by Gasteiger charge is 2.44. The van der Waals surface area contributed by atoms with E-state index in [2.05, 4.69) is 11.4 Å². The Bertz CT molecular complexity index is 1020. The highest BCUT2D eigenvalue weighted by atomic mass is 32.1. The number of aryl methyl sites for hydroxylation is 1. The molecule has 0 aliphatic heterocycles. The van der Waals surface area contributed by atoms with Crippen molar-refractivity contribution in [2.24, 2.45) is 0 Å². The van der Waals surface area contributed by atoms with Gasteiger partial charge in [-0.1, -0.05) is 25.0 Å². The van der Waals surface area contributed by atoms with Crippen LogP contribution in [0.3, 0.4) is 0 Å². The van der Waals surface area contributed by atoms with E-state index in [-0.39, 0.29) is 0 Å². The number of hydrogen-bond acceptors (Lipinski definition) is 5. The summed E-state index contributed by atoms with van der Waals surface area (Å²) >= 11 is 1.44. The van der Waals surface area contributed by atoms with E-state index in [0.29, 0.717) is 29.0 Å². The highest BCUT2D eigenvalue weighted by Crippen LogP contribution is 2.42. The Morgan fingerprint density at radius 2 is 1.97 bits per heavy atom. The molecule has 156 valence electrons. The molecule has 1 heterocycles. The number of ether oxygens (including phenoxy) is 1. The minimum atomic E-state index is -0.901. The number of amides is 1. The second-order valence-electron chi connectivity index (χ2n) is 7.95. The average Bonchev–Trinajstić information content (AvgIpc) is 3.37. The Kier molecular flexibility index (Phi) is 5.87. The molecule has 2 aromatic rings. The number of nitrogens with one attached hydrogen (secondary N) is 1. The van der Waals surface area contributed by atoms with Crippen LogP contribution < -0.4 is 5.32 Å². The normalized spacial score (nSPS) is 17.1. The van der Waals surface area contributed by atoms with E-state index in [1.54, 1.807) is 12.1 Å². The molecule has 30 heavy (non-hydrogen) atoms. The van der Waals surface area contributed by atoms with Gasteiger partial charge in [0.05, 0.1) is 11.0 Å². The van der Waals surface area contributed by atoms with Gasteiger partial charge in [0.1, 0.15) is 16.9 Å². The number of nitrogens with zero attached hydrogens (tertiary/aromatic N) is 1. The fourth-order valence-electron chi connectivity index (χ4n) is 4.58. The van der Waals surface area contributed by atoms with Gasteiger partial charge in [0, 0.05) is 4.88 Å². The van der Waals surface area contributed by atoms with E-state index in [1.165, 1.54) is 23.5 Å². The van der Waals surface area contributed by atoms with E-state index >= 15 is 0 Å². The van der Waals surface area contributed by atoms with E-state index in [0.717, 1.165) is 49.0 Å². The zero-order valence-electron chi connectivity index (χ0n) is 16.6. The van der Waals surface area contributed by atoms with E-state index < -0.39 is 29.7 Å². The standard InChI is InChI=1S/C23H23FN2O3S/c24-16-7-5-6-15(12-16)23(10-3-4-11-23)22(28)29-14-20(27)26-21-18(13-25)17-8-1-2-9-19(17)30-21/h5-7,12H,1-4,8-11,14H2,(H,26,27). The molecule has 0 atom stereocenters. The maximum atomic E-state index is 13.7. The zero-order chi connectivity index (χ0) is 21.1. The number of halogens is 1. The molecular formula is C23H23FN2O3S. The minimum Gasteiger partial charge on any atom is -0.455 e. The Morgan fingerprint density at radius 3 is 2.70 bits per heavy atom. The van der Waals surface area contributed by atoms with Crippen molar-refractivity contribution in [2.75, 3.05) is 11.9 Å². The van der Waals surface area contributed by atoms with Crippen LogP contribution in [0.15, 0.2) is 24.3 Å². The first-order chi connectivity index (χ1) is 14.5. The molecule has 5 nitrogen and oxygen atoms in total. The summed E-state index contributed by atoms with van der Waals surface area (Å²) in [6.45, 7) is -0.427. The molecule has 0 bridgehead atoms. The quantitative estimate of drug-likeness (QED) is 0.707. The molecule has 7 heteroatoms. The summed E-state index contributed by atoms with van der Waals surface area (Å²) in [6, 6.07) is 8.26. The summed E-state index contributed by atoms with van der Waals surface area (Å²) in [7, 11) is 0. The smallest absolute Gasteiger partial charge is 0.317 e. The summed E-state index contributed by atoms with van der Waals surface area (Å²) in [6.07, 6.45) is 6.77. The number of rotatable bonds is 5. The van der Waals surface area contributed by atoms with Crippen LogP contribution in [-0.2, 0) is 32.6 Å². The first-order valence-electron chi connectivity index (χ1n) is 10.3. The average molecular weight is 427 g/mol. The van der Waals surface area contributed by atoms with Gasteiger partial charge in [-0.3, -0.25) is 9.59 Å². The summed E-state index contributed by atoms with van der Waals surface area (Å²) in [5.41, 5.74) is 1.27. The van der Waals surface area contributed by atoms with Gasteiger partial charge in [-0.25, -0.2) is 4.39 Å². The molecule has 1 amide bonds. The van der Waals surface area contributed by atoms with Gasteiger partial charge in [-0.05, 0) is 61.8 Å².